The Bertz CT molecular complexity index is 759. The van der Waals surface area contributed by atoms with Crippen molar-refractivity contribution in [3.05, 3.63) is 33.7 Å². The van der Waals surface area contributed by atoms with Gasteiger partial charge < -0.3 is 15.3 Å². The summed E-state index contributed by atoms with van der Waals surface area (Å²) in [5.74, 6) is -1.54. The van der Waals surface area contributed by atoms with Gasteiger partial charge in [-0.25, -0.2) is 4.79 Å². The second-order valence-electron chi connectivity index (χ2n) is 5.31. The first-order valence-electron chi connectivity index (χ1n) is 7.32. The Balaban J connectivity index is 1.72. The second-order valence-corrected chi connectivity index (χ2v) is 7.44. The van der Waals surface area contributed by atoms with Crippen LogP contribution >= 0.6 is 23.1 Å². The van der Waals surface area contributed by atoms with Crippen LogP contribution in [-0.4, -0.2) is 58.3 Å². The zero-order chi connectivity index (χ0) is 18.0. The Morgan fingerprint density at radius 2 is 2.36 bits per heavy atom. The highest BCUT2D eigenvalue weighted by molar-refractivity contribution is 8.00. The van der Waals surface area contributed by atoms with E-state index in [4.69, 9.17) is 0 Å². The van der Waals surface area contributed by atoms with Gasteiger partial charge >= 0.3 is 5.97 Å². The highest BCUT2D eigenvalue weighted by Crippen LogP contribution is 2.39. The first-order chi connectivity index (χ1) is 12.0. The minimum atomic E-state index is -1.21. The highest BCUT2D eigenvalue weighted by Gasteiger charge is 2.54. The molecule has 8 nitrogen and oxygen atoms in total. The number of aliphatic carboxylic acids is 1. The van der Waals surface area contributed by atoms with Gasteiger partial charge in [0.2, 0.25) is 5.91 Å². The van der Waals surface area contributed by atoms with Gasteiger partial charge in [0, 0.05) is 16.2 Å². The standard InChI is InChI=1S/C15H15N3O5S2/c1-23-16-6-8-7-25-14-11(13(20)18(14)12(8)15(21)22)17-10(19)5-9-3-2-4-24-9/h2-4,6,11,14H,5,7H2,1H3,(H,17,19)(H,21,22)/t11-,14-/m1/s1. The van der Waals surface area contributed by atoms with Crippen LogP contribution in [-0.2, 0) is 25.6 Å². The molecular weight excluding hydrogens is 366 g/mol. The average Bonchev–Trinajstić information content (AvgIpc) is 3.09. The third kappa shape index (κ3) is 3.40. The molecule has 2 aliphatic heterocycles. The Labute approximate surface area is 151 Å². The SMILES string of the molecule is CON=CC1=C(C(=O)O)N2C(=O)[C@@H](NC(=O)Cc3cccs3)[C@H]2SC1. The van der Waals surface area contributed by atoms with E-state index in [9.17, 15) is 19.5 Å². The monoisotopic (exact) mass is 381 g/mol. The lowest BCUT2D eigenvalue weighted by molar-refractivity contribution is -0.150. The van der Waals surface area contributed by atoms with Crippen molar-refractivity contribution in [2.24, 2.45) is 5.16 Å². The molecule has 0 aromatic carbocycles. The molecule has 0 radical (unpaired) electrons. The van der Waals surface area contributed by atoms with E-state index in [1.807, 2.05) is 17.5 Å². The first-order valence-corrected chi connectivity index (χ1v) is 9.25. The minimum absolute atomic E-state index is 0.113. The highest BCUT2D eigenvalue weighted by atomic mass is 32.2. The number of amides is 2. The zero-order valence-corrected chi connectivity index (χ0v) is 14.8. The predicted octanol–water partition coefficient (Wildman–Crippen LogP) is 0.661. The minimum Gasteiger partial charge on any atom is -0.477 e. The van der Waals surface area contributed by atoms with Crippen LogP contribution in [0.4, 0.5) is 0 Å². The van der Waals surface area contributed by atoms with Crippen molar-refractivity contribution in [2.75, 3.05) is 12.9 Å². The number of nitrogens with zero attached hydrogens (tertiary/aromatic N) is 2. The van der Waals surface area contributed by atoms with Gasteiger partial charge in [0.05, 0.1) is 12.6 Å². The van der Waals surface area contributed by atoms with E-state index in [-0.39, 0.29) is 18.0 Å². The van der Waals surface area contributed by atoms with Crippen LogP contribution in [0.2, 0.25) is 0 Å². The van der Waals surface area contributed by atoms with Crippen molar-refractivity contribution in [1.29, 1.82) is 0 Å². The molecule has 3 rings (SSSR count). The Kier molecular flexibility index (Phi) is 5.09. The Hall–Kier alpha value is -2.33. The number of carboxylic acids is 1. The number of hydrogen-bond donors (Lipinski definition) is 2. The molecule has 10 heteroatoms. The van der Waals surface area contributed by atoms with Crippen LogP contribution in [0.1, 0.15) is 4.88 Å². The van der Waals surface area contributed by atoms with E-state index in [0.29, 0.717) is 11.3 Å². The van der Waals surface area contributed by atoms with Crippen LogP contribution in [0, 0.1) is 0 Å². The summed E-state index contributed by atoms with van der Waals surface area (Å²) in [6.07, 6.45) is 1.49. The number of rotatable bonds is 6. The maximum absolute atomic E-state index is 12.4. The topological polar surface area (TPSA) is 108 Å². The second kappa shape index (κ2) is 7.28. The molecule has 2 aliphatic rings. The van der Waals surface area contributed by atoms with Gasteiger partial charge in [-0.2, -0.15) is 0 Å². The van der Waals surface area contributed by atoms with Gasteiger partial charge in [-0.3, -0.25) is 14.5 Å². The molecule has 2 amide bonds. The van der Waals surface area contributed by atoms with E-state index in [1.54, 1.807) is 0 Å². The fourth-order valence-electron chi connectivity index (χ4n) is 2.65. The molecule has 1 aromatic heterocycles. The average molecular weight is 381 g/mol. The van der Waals surface area contributed by atoms with E-state index < -0.39 is 23.3 Å². The smallest absolute Gasteiger partial charge is 0.353 e. The first kappa shape index (κ1) is 17.5. The number of thioether (sulfide) groups is 1. The van der Waals surface area contributed by atoms with Gasteiger partial charge in [0.25, 0.3) is 5.91 Å². The van der Waals surface area contributed by atoms with Gasteiger partial charge in [-0.05, 0) is 11.4 Å². The lowest BCUT2D eigenvalue weighted by Crippen LogP contribution is -2.70. The van der Waals surface area contributed by atoms with E-state index in [0.717, 1.165) is 4.88 Å². The normalized spacial score (nSPS) is 22.6. The molecule has 2 atom stereocenters. The summed E-state index contributed by atoms with van der Waals surface area (Å²) in [6.45, 7) is 0. The zero-order valence-electron chi connectivity index (χ0n) is 13.2. The van der Waals surface area contributed by atoms with Crippen molar-refractivity contribution >= 4 is 47.1 Å². The van der Waals surface area contributed by atoms with Gasteiger partial charge in [-0.15, -0.1) is 23.1 Å². The van der Waals surface area contributed by atoms with E-state index in [2.05, 4.69) is 15.3 Å². The summed E-state index contributed by atoms with van der Waals surface area (Å²) in [4.78, 5) is 42.7. The van der Waals surface area contributed by atoms with Crippen molar-refractivity contribution in [2.45, 2.75) is 17.8 Å². The van der Waals surface area contributed by atoms with Crippen LogP contribution in [0.25, 0.3) is 0 Å². The summed E-state index contributed by atoms with van der Waals surface area (Å²) < 4.78 is 0. The van der Waals surface area contributed by atoms with Crippen LogP contribution in [0.15, 0.2) is 33.9 Å². The van der Waals surface area contributed by atoms with Gasteiger partial charge in [-0.1, -0.05) is 11.2 Å². The maximum Gasteiger partial charge on any atom is 0.353 e. The number of thiophene rings is 1. The third-order valence-electron chi connectivity index (χ3n) is 3.75. The van der Waals surface area contributed by atoms with Crippen molar-refractivity contribution in [3.63, 3.8) is 0 Å². The molecule has 0 aliphatic carbocycles. The van der Waals surface area contributed by atoms with Crippen LogP contribution in [0.5, 0.6) is 0 Å². The number of oxime groups is 1. The number of carbonyl (C=O) groups excluding carboxylic acids is 2. The number of hydrogen-bond acceptors (Lipinski definition) is 7. The molecule has 1 fully saturated rings. The van der Waals surface area contributed by atoms with Crippen molar-refractivity contribution in [1.82, 2.24) is 10.2 Å². The summed E-state index contributed by atoms with van der Waals surface area (Å²) in [5.41, 5.74) is 0.283. The molecule has 132 valence electrons. The summed E-state index contributed by atoms with van der Waals surface area (Å²) in [7, 11) is 1.35. The Morgan fingerprint density at radius 1 is 1.56 bits per heavy atom. The van der Waals surface area contributed by atoms with E-state index in [1.165, 1.54) is 41.3 Å². The van der Waals surface area contributed by atoms with Gasteiger partial charge in [0.1, 0.15) is 24.2 Å². The maximum atomic E-state index is 12.4. The van der Waals surface area contributed by atoms with Gasteiger partial charge in [0.15, 0.2) is 0 Å². The Morgan fingerprint density at radius 3 is 3.00 bits per heavy atom. The third-order valence-corrected chi connectivity index (χ3v) is 5.92. The largest absolute Gasteiger partial charge is 0.477 e. The van der Waals surface area contributed by atoms with Crippen LogP contribution in [0.3, 0.4) is 0 Å². The number of carboxylic acid groups (broad SMARTS) is 1. The molecular formula is C15H15N3O5S2. The number of carbonyl (C=O) groups is 3. The molecule has 0 saturated carbocycles. The summed E-state index contributed by atoms with van der Waals surface area (Å²) >= 11 is 2.85. The molecule has 0 bridgehead atoms. The molecule has 1 aromatic rings. The van der Waals surface area contributed by atoms with Crippen molar-refractivity contribution in [3.8, 4) is 0 Å². The summed E-state index contributed by atoms with van der Waals surface area (Å²) in [5, 5.41) is 17.2. The fourth-order valence-corrected chi connectivity index (χ4v) is 4.65. The van der Waals surface area contributed by atoms with Crippen molar-refractivity contribution < 1.29 is 24.3 Å². The number of nitrogens with one attached hydrogen (secondary N) is 1. The predicted molar refractivity (Wildman–Crippen MR) is 93.2 cm³/mol. The fraction of sp³-hybridized carbons (Fsp3) is 0.333. The molecule has 0 unspecified atom stereocenters. The quantitative estimate of drug-likeness (QED) is 0.426. The molecule has 1 saturated heterocycles. The van der Waals surface area contributed by atoms with Crippen LogP contribution < -0.4 is 5.32 Å². The summed E-state index contributed by atoms with van der Waals surface area (Å²) in [6, 6.07) is 2.99. The molecule has 25 heavy (non-hydrogen) atoms. The molecule has 0 spiro atoms. The lowest BCUT2D eigenvalue weighted by Gasteiger charge is -2.49. The number of β-lactam (4-membered cyclic amide) rings is 1. The van der Waals surface area contributed by atoms with E-state index >= 15 is 0 Å². The number of fused-ring (bicyclic) bond motifs is 1. The molecule has 3 heterocycles. The lowest BCUT2D eigenvalue weighted by atomic mass is 10.0. The molecule has 2 N–H and O–H groups in total.